The maximum Gasteiger partial charge on any atom is 0.240 e. The SMILES string of the molecule is Cc1c(C#N)c(N)n(C(C)C(N)=O)c1C. The third-order valence-corrected chi connectivity index (χ3v) is 2.71. The monoisotopic (exact) mass is 206 g/mol. The number of hydrogen-bond donors (Lipinski definition) is 2. The third-order valence-electron chi connectivity index (χ3n) is 2.71. The van der Waals surface area contributed by atoms with Crippen molar-refractivity contribution >= 4 is 11.7 Å². The Kier molecular flexibility index (Phi) is 2.71. The number of aromatic nitrogens is 1. The Hall–Kier alpha value is -1.96. The van der Waals surface area contributed by atoms with Crippen molar-refractivity contribution in [1.82, 2.24) is 4.57 Å². The second-order valence-electron chi connectivity index (χ2n) is 3.53. The van der Waals surface area contributed by atoms with Crippen molar-refractivity contribution in [3.63, 3.8) is 0 Å². The van der Waals surface area contributed by atoms with E-state index in [2.05, 4.69) is 0 Å². The van der Waals surface area contributed by atoms with Crippen LogP contribution in [0.5, 0.6) is 0 Å². The molecule has 80 valence electrons. The highest BCUT2D eigenvalue weighted by Gasteiger charge is 2.21. The minimum absolute atomic E-state index is 0.304. The molecular formula is C10H14N4O. The summed E-state index contributed by atoms with van der Waals surface area (Å²) in [6.07, 6.45) is 0. The van der Waals surface area contributed by atoms with Crippen molar-refractivity contribution in [2.45, 2.75) is 26.8 Å². The van der Waals surface area contributed by atoms with E-state index in [1.54, 1.807) is 18.4 Å². The zero-order valence-corrected chi connectivity index (χ0v) is 9.03. The number of nitriles is 1. The van der Waals surface area contributed by atoms with Crippen LogP contribution in [0.3, 0.4) is 0 Å². The van der Waals surface area contributed by atoms with E-state index < -0.39 is 11.9 Å². The summed E-state index contributed by atoms with van der Waals surface area (Å²) in [5, 5.41) is 8.90. The number of anilines is 1. The molecule has 15 heavy (non-hydrogen) atoms. The number of hydrogen-bond acceptors (Lipinski definition) is 3. The predicted octanol–water partition coefficient (Wildman–Crippen LogP) is 0.605. The number of rotatable bonds is 2. The highest BCUT2D eigenvalue weighted by atomic mass is 16.1. The van der Waals surface area contributed by atoms with Gasteiger partial charge in [0.05, 0.1) is 5.56 Å². The number of primary amides is 1. The molecular weight excluding hydrogens is 192 g/mol. The van der Waals surface area contributed by atoms with Crippen LogP contribution in [0.25, 0.3) is 0 Å². The van der Waals surface area contributed by atoms with Crippen LogP contribution >= 0.6 is 0 Å². The molecule has 0 saturated carbocycles. The summed E-state index contributed by atoms with van der Waals surface area (Å²) in [6, 6.07) is 1.48. The van der Waals surface area contributed by atoms with E-state index >= 15 is 0 Å². The fourth-order valence-electron chi connectivity index (χ4n) is 1.62. The number of carbonyl (C=O) groups excluding carboxylic acids is 1. The molecule has 0 bridgehead atoms. The number of amides is 1. The van der Waals surface area contributed by atoms with E-state index in [1.807, 2.05) is 13.0 Å². The summed E-state index contributed by atoms with van der Waals surface area (Å²) < 4.78 is 1.59. The Balaban J connectivity index is 3.45. The van der Waals surface area contributed by atoms with Crippen molar-refractivity contribution in [2.75, 3.05) is 5.73 Å². The standard InChI is InChI=1S/C10H14N4O/c1-5-6(2)14(7(3)10(13)15)9(12)8(5)4-11/h7H,12H2,1-3H3,(H2,13,15). The van der Waals surface area contributed by atoms with Gasteiger partial charge in [-0.3, -0.25) is 4.79 Å². The quantitative estimate of drug-likeness (QED) is 0.741. The first-order chi connectivity index (χ1) is 6.91. The maximum absolute atomic E-state index is 11.1. The lowest BCUT2D eigenvalue weighted by molar-refractivity contribution is -0.120. The van der Waals surface area contributed by atoms with Gasteiger partial charge in [0.15, 0.2) is 0 Å². The lowest BCUT2D eigenvalue weighted by atomic mass is 10.2. The number of nitrogens with two attached hydrogens (primary N) is 2. The van der Waals surface area contributed by atoms with E-state index in [-0.39, 0.29) is 0 Å². The normalized spacial score (nSPS) is 12.1. The van der Waals surface area contributed by atoms with Crippen molar-refractivity contribution in [2.24, 2.45) is 5.73 Å². The summed E-state index contributed by atoms with van der Waals surface area (Å²) in [5.41, 5.74) is 13.0. The van der Waals surface area contributed by atoms with E-state index in [4.69, 9.17) is 16.7 Å². The Morgan fingerprint density at radius 2 is 2.07 bits per heavy atom. The van der Waals surface area contributed by atoms with Gasteiger partial charge >= 0.3 is 0 Å². The highest BCUT2D eigenvalue weighted by Crippen LogP contribution is 2.26. The van der Waals surface area contributed by atoms with Crippen molar-refractivity contribution in [1.29, 1.82) is 5.26 Å². The van der Waals surface area contributed by atoms with Gasteiger partial charge in [-0.25, -0.2) is 0 Å². The van der Waals surface area contributed by atoms with Gasteiger partial charge in [-0.2, -0.15) is 5.26 Å². The molecule has 0 fully saturated rings. The highest BCUT2D eigenvalue weighted by molar-refractivity contribution is 5.79. The van der Waals surface area contributed by atoms with Crippen LogP contribution in [0.2, 0.25) is 0 Å². The molecule has 0 radical (unpaired) electrons. The van der Waals surface area contributed by atoms with Gasteiger partial charge in [-0.15, -0.1) is 0 Å². The Morgan fingerprint density at radius 1 is 1.53 bits per heavy atom. The van der Waals surface area contributed by atoms with Crippen LogP contribution < -0.4 is 11.5 Å². The predicted molar refractivity (Wildman–Crippen MR) is 56.9 cm³/mol. The molecule has 1 aromatic heterocycles. The zero-order valence-electron chi connectivity index (χ0n) is 9.03. The van der Waals surface area contributed by atoms with Crippen LogP contribution in [-0.4, -0.2) is 10.5 Å². The van der Waals surface area contributed by atoms with Crippen LogP contribution in [0.1, 0.15) is 29.8 Å². The van der Waals surface area contributed by atoms with Crippen molar-refractivity contribution < 1.29 is 4.79 Å². The average Bonchev–Trinajstić information content (AvgIpc) is 2.37. The number of carbonyl (C=O) groups is 1. The smallest absolute Gasteiger partial charge is 0.240 e. The maximum atomic E-state index is 11.1. The number of nitrogen functional groups attached to an aromatic ring is 1. The first-order valence-corrected chi connectivity index (χ1v) is 4.58. The second-order valence-corrected chi connectivity index (χ2v) is 3.53. The van der Waals surface area contributed by atoms with Gasteiger partial charge in [0.1, 0.15) is 17.9 Å². The molecule has 0 aliphatic rings. The first-order valence-electron chi connectivity index (χ1n) is 4.58. The van der Waals surface area contributed by atoms with Crippen molar-refractivity contribution in [3.8, 4) is 6.07 Å². The fraction of sp³-hybridized carbons (Fsp3) is 0.400. The molecule has 1 amide bonds. The summed E-state index contributed by atoms with van der Waals surface area (Å²) in [6.45, 7) is 5.27. The molecule has 0 spiro atoms. The molecule has 0 aliphatic carbocycles. The number of nitrogens with zero attached hydrogens (tertiary/aromatic N) is 2. The molecule has 5 heteroatoms. The van der Waals surface area contributed by atoms with Gasteiger partial charge in [0.2, 0.25) is 5.91 Å². The van der Waals surface area contributed by atoms with Crippen LogP contribution in [0, 0.1) is 25.2 Å². The van der Waals surface area contributed by atoms with E-state index in [9.17, 15) is 4.79 Å². The summed E-state index contributed by atoms with van der Waals surface area (Å²) in [4.78, 5) is 11.1. The molecule has 1 atom stereocenters. The largest absolute Gasteiger partial charge is 0.384 e. The second kappa shape index (κ2) is 3.65. The van der Waals surface area contributed by atoms with E-state index in [1.165, 1.54) is 0 Å². The lowest BCUT2D eigenvalue weighted by Gasteiger charge is -2.14. The summed E-state index contributed by atoms with van der Waals surface area (Å²) in [5.74, 6) is -0.164. The fourth-order valence-corrected chi connectivity index (χ4v) is 1.62. The first kappa shape index (κ1) is 11.1. The minimum Gasteiger partial charge on any atom is -0.384 e. The third kappa shape index (κ3) is 1.54. The topological polar surface area (TPSA) is 97.8 Å². The van der Waals surface area contributed by atoms with Gasteiger partial charge in [-0.05, 0) is 26.3 Å². The molecule has 1 aromatic rings. The molecule has 0 saturated heterocycles. The Labute approximate surface area is 88.3 Å². The van der Waals surface area contributed by atoms with E-state index in [0.29, 0.717) is 11.4 Å². The van der Waals surface area contributed by atoms with Crippen LogP contribution in [0.4, 0.5) is 5.82 Å². The van der Waals surface area contributed by atoms with Gasteiger partial charge in [0, 0.05) is 5.69 Å². The van der Waals surface area contributed by atoms with Crippen LogP contribution in [-0.2, 0) is 4.79 Å². The Morgan fingerprint density at radius 3 is 2.40 bits per heavy atom. The van der Waals surface area contributed by atoms with E-state index in [0.717, 1.165) is 11.3 Å². The van der Waals surface area contributed by atoms with Gasteiger partial charge in [-0.1, -0.05) is 0 Å². The van der Waals surface area contributed by atoms with Crippen LogP contribution in [0.15, 0.2) is 0 Å². The lowest BCUT2D eigenvalue weighted by Crippen LogP contribution is -2.25. The van der Waals surface area contributed by atoms with Gasteiger partial charge in [0.25, 0.3) is 0 Å². The minimum atomic E-state index is -0.536. The zero-order chi connectivity index (χ0) is 11.7. The molecule has 0 aliphatic heterocycles. The summed E-state index contributed by atoms with van der Waals surface area (Å²) >= 11 is 0. The molecule has 1 unspecified atom stereocenters. The molecule has 0 aromatic carbocycles. The molecule has 5 nitrogen and oxygen atoms in total. The molecule has 1 heterocycles. The summed E-state index contributed by atoms with van der Waals surface area (Å²) in [7, 11) is 0. The van der Waals surface area contributed by atoms with Crippen molar-refractivity contribution in [3.05, 3.63) is 16.8 Å². The molecule has 1 rings (SSSR count). The molecule has 4 N–H and O–H groups in total. The Bertz CT molecular complexity index is 453. The average molecular weight is 206 g/mol. The van der Waals surface area contributed by atoms with Gasteiger partial charge < -0.3 is 16.0 Å².